The summed E-state index contributed by atoms with van der Waals surface area (Å²) in [4.78, 5) is 18.4. The first kappa shape index (κ1) is 16.1. The Labute approximate surface area is 141 Å². The van der Waals surface area contributed by atoms with E-state index in [1.807, 2.05) is 35.9 Å². The minimum atomic E-state index is -0.179. The van der Waals surface area contributed by atoms with Crippen LogP contribution in [-0.4, -0.2) is 32.9 Å². The second-order valence-electron chi connectivity index (χ2n) is 6.21. The smallest absolute Gasteiger partial charge is 0.230 e. The van der Waals surface area contributed by atoms with Gasteiger partial charge >= 0.3 is 0 Å². The molecule has 0 radical (unpaired) electrons. The van der Waals surface area contributed by atoms with Crippen molar-refractivity contribution in [2.45, 2.75) is 32.4 Å². The van der Waals surface area contributed by atoms with Crippen molar-refractivity contribution >= 4 is 11.7 Å². The molecule has 6 nitrogen and oxygen atoms in total. The van der Waals surface area contributed by atoms with Crippen LogP contribution in [0, 0.1) is 17.4 Å². The molecule has 0 spiro atoms. The average Bonchev–Trinajstić information content (AvgIpc) is 3.21. The van der Waals surface area contributed by atoms with E-state index in [9.17, 15) is 4.79 Å². The molecule has 3 atom stereocenters. The van der Waals surface area contributed by atoms with Crippen molar-refractivity contribution in [3.05, 3.63) is 48.4 Å². The van der Waals surface area contributed by atoms with Crippen molar-refractivity contribution in [3.63, 3.8) is 0 Å². The third-order valence-electron chi connectivity index (χ3n) is 4.80. The molecule has 1 fully saturated rings. The van der Waals surface area contributed by atoms with Crippen molar-refractivity contribution in [2.24, 2.45) is 5.92 Å². The highest BCUT2D eigenvalue weighted by atomic mass is 16.2. The lowest BCUT2D eigenvalue weighted by Gasteiger charge is -2.18. The summed E-state index contributed by atoms with van der Waals surface area (Å²) in [6.45, 7) is 4.64. The van der Waals surface area contributed by atoms with E-state index in [0.29, 0.717) is 18.8 Å². The van der Waals surface area contributed by atoms with E-state index in [1.165, 1.54) is 5.56 Å². The number of carbonyl (C=O) groups excluding carboxylic acids is 1. The predicted molar refractivity (Wildman–Crippen MR) is 91.0 cm³/mol. The van der Waals surface area contributed by atoms with Crippen LogP contribution in [0.25, 0.3) is 0 Å². The zero-order chi connectivity index (χ0) is 17.1. The Morgan fingerprint density at radius 3 is 2.83 bits per heavy atom. The van der Waals surface area contributed by atoms with Crippen LogP contribution in [0.4, 0.5) is 5.82 Å². The molecule has 2 heterocycles. The maximum atomic E-state index is 12.4. The average molecular weight is 323 g/mol. The number of nitrogens with zero attached hydrogens (tertiary/aromatic N) is 4. The summed E-state index contributed by atoms with van der Waals surface area (Å²) in [5.41, 5.74) is 1.18. The summed E-state index contributed by atoms with van der Waals surface area (Å²) >= 11 is 0. The molecule has 1 amide bonds. The molecule has 3 rings (SSSR count). The Balaban J connectivity index is 1.66. The van der Waals surface area contributed by atoms with Gasteiger partial charge in [-0.25, -0.2) is 4.98 Å². The minimum Gasteiger partial charge on any atom is -0.328 e. The van der Waals surface area contributed by atoms with Crippen molar-refractivity contribution < 1.29 is 4.79 Å². The fourth-order valence-electron chi connectivity index (χ4n) is 3.17. The van der Waals surface area contributed by atoms with Crippen LogP contribution < -0.4 is 5.32 Å². The topological polar surface area (TPSA) is 74.0 Å². The molecule has 0 aliphatic carbocycles. The molecule has 1 aromatic carbocycles. The summed E-state index contributed by atoms with van der Waals surface area (Å²) in [5.74, 6) is 0.296. The summed E-state index contributed by atoms with van der Waals surface area (Å²) in [5, 5.41) is 11.9. The monoisotopic (exact) mass is 323 g/mol. The molecule has 1 N–H and O–H groups in total. The Morgan fingerprint density at radius 2 is 2.17 bits per heavy atom. The second kappa shape index (κ2) is 6.75. The van der Waals surface area contributed by atoms with E-state index in [1.54, 1.807) is 11.2 Å². The van der Waals surface area contributed by atoms with Gasteiger partial charge in [0, 0.05) is 18.8 Å². The van der Waals surface area contributed by atoms with Gasteiger partial charge in [0.05, 0.1) is 18.3 Å². The van der Waals surface area contributed by atoms with E-state index < -0.39 is 0 Å². The van der Waals surface area contributed by atoms with Crippen molar-refractivity contribution in [3.8, 4) is 6.19 Å². The SMILES string of the molecule is C[C@H]1[C@@H](C(=O)Nc2cn([C@@H](C)c3ccccc3)cn2)CCN1C#N. The lowest BCUT2D eigenvalue weighted by Crippen LogP contribution is -2.33. The normalized spacial score (nSPS) is 21.3. The third-order valence-corrected chi connectivity index (χ3v) is 4.80. The first-order valence-electron chi connectivity index (χ1n) is 8.16. The standard InChI is InChI=1S/C18H21N5O/c1-13(15-6-4-3-5-7-15)23-10-17(20-12-23)21-18(24)16-8-9-22(11-19)14(16)2/h3-7,10,12-14,16H,8-9H2,1-2H3,(H,21,24)/t13-,14-,16-/m0/s1. The lowest BCUT2D eigenvalue weighted by atomic mass is 10.0. The first-order chi connectivity index (χ1) is 11.6. The number of imidazole rings is 1. The number of benzene rings is 1. The third kappa shape index (κ3) is 3.11. The Bertz CT molecular complexity index is 748. The highest BCUT2D eigenvalue weighted by Gasteiger charge is 2.35. The van der Waals surface area contributed by atoms with Crippen LogP contribution in [0.2, 0.25) is 0 Å². The van der Waals surface area contributed by atoms with E-state index in [2.05, 4.69) is 35.6 Å². The van der Waals surface area contributed by atoms with E-state index in [4.69, 9.17) is 5.26 Å². The zero-order valence-corrected chi connectivity index (χ0v) is 13.9. The maximum Gasteiger partial charge on any atom is 0.230 e. The van der Waals surface area contributed by atoms with Crippen LogP contribution in [0.1, 0.15) is 31.9 Å². The second-order valence-corrected chi connectivity index (χ2v) is 6.21. The van der Waals surface area contributed by atoms with Gasteiger partial charge in [-0.3, -0.25) is 4.79 Å². The number of anilines is 1. The van der Waals surface area contributed by atoms with Crippen LogP contribution in [-0.2, 0) is 4.79 Å². The number of nitrogens with one attached hydrogen (secondary N) is 1. The van der Waals surface area contributed by atoms with Crippen LogP contribution in [0.3, 0.4) is 0 Å². The van der Waals surface area contributed by atoms with Gasteiger partial charge < -0.3 is 14.8 Å². The van der Waals surface area contributed by atoms with Gasteiger partial charge in [-0.05, 0) is 25.8 Å². The van der Waals surface area contributed by atoms with Crippen molar-refractivity contribution in [1.29, 1.82) is 5.26 Å². The maximum absolute atomic E-state index is 12.4. The molecule has 1 aliphatic heterocycles. The minimum absolute atomic E-state index is 0.0691. The highest BCUT2D eigenvalue weighted by Crippen LogP contribution is 2.25. The number of hydrogen-bond acceptors (Lipinski definition) is 4. The molecule has 0 unspecified atom stereocenters. The van der Waals surface area contributed by atoms with Gasteiger partial charge in [0.1, 0.15) is 0 Å². The number of carbonyl (C=O) groups is 1. The summed E-state index contributed by atoms with van der Waals surface area (Å²) < 4.78 is 1.98. The molecule has 1 aromatic heterocycles. The Kier molecular flexibility index (Phi) is 4.52. The van der Waals surface area contributed by atoms with Crippen molar-refractivity contribution in [1.82, 2.24) is 14.5 Å². The van der Waals surface area contributed by atoms with E-state index in [0.717, 1.165) is 0 Å². The molecule has 6 heteroatoms. The van der Waals surface area contributed by atoms with Crippen molar-refractivity contribution in [2.75, 3.05) is 11.9 Å². The van der Waals surface area contributed by atoms with Gasteiger partial charge in [-0.15, -0.1) is 0 Å². The molecule has 24 heavy (non-hydrogen) atoms. The Morgan fingerprint density at radius 1 is 1.42 bits per heavy atom. The van der Waals surface area contributed by atoms with Gasteiger partial charge in [0.25, 0.3) is 0 Å². The largest absolute Gasteiger partial charge is 0.328 e. The van der Waals surface area contributed by atoms with Crippen LogP contribution in [0.15, 0.2) is 42.9 Å². The molecule has 1 saturated heterocycles. The fraction of sp³-hybridized carbons (Fsp3) is 0.389. The van der Waals surface area contributed by atoms with Gasteiger partial charge in [0.15, 0.2) is 12.0 Å². The molecular formula is C18H21N5O. The number of rotatable bonds is 4. The number of likely N-dealkylation sites (tertiary alicyclic amines) is 1. The number of aromatic nitrogens is 2. The number of amides is 1. The van der Waals surface area contributed by atoms with Gasteiger partial charge in [-0.2, -0.15) is 5.26 Å². The molecule has 1 aliphatic rings. The lowest BCUT2D eigenvalue weighted by molar-refractivity contribution is -0.120. The van der Waals surface area contributed by atoms with E-state index in [-0.39, 0.29) is 23.9 Å². The van der Waals surface area contributed by atoms with Gasteiger partial charge in [-0.1, -0.05) is 30.3 Å². The number of hydrogen-bond donors (Lipinski definition) is 1. The predicted octanol–water partition coefficient (Wildman–Crippen LogP) is 2.62. The molecule has 124 valence electrons. The molecule has 0 saturated carbocycles. The summed E-state index contributed by atoms with van der Waals surface area (Å²) in [6.07, 6.45) is 6.40. The highest BCUT2D eigenvalue weighted by molar-refractivity contribution is 5.92. The fourth-order valence-corrected chi connectivity index (χ4v) is 3.17. The quantitative estimate of drug-likeness (QED) is 0.878. The molecular weight excluding hydrogens is 302 g/mol. The van der Waals surface area contributed by atoms with E-state index >= 15 is 0 Å². The summed E-state index contributed by atoms with van der Waals surface area (Å²) in [6, 6.07) is 10.2. The first-order valence-corrected chi connectivity index (χ1v) is 8.16. The molecule has 0 bridgehead atoms. The summed E-state index contributed by atoms with van der Waals surface area (Å²) in [7, 11) is 0. The Hall–Kier alpha value is -2.81. The van der Waals surface area contributed by atoms with Crippen LogP contribution >= 0.6 is 0 Å². The zero-order valence-electron chi connectivity index (χ0n) is 13.9. The van der Waals surface area contributed by atoms with Gasteiger partial charge in [0.2, 0.25) is 5.91 Å². The van der Waals surface area contributed by atoms with Crippen LogP contribution in [0.5, 0.6) is 0 Å². The number of nitriles is 1. The molecule has 2 aromatic rings.